The van der Waals surface area contributed by atoms with Crippen LogP contribution in [-0.4, -0.2) is 30.7 Å². The maximum Gasteiger partial charge on any atom is 0.224 e. The van der Waals surface area contributed by atoms with E-state index in [1.165, 1.54) is 0 Å². The summed E-state index contributed by atoms with van der Waals surface area (Å²) in [6, 6.07) is 7.68. The molecule has 0 bridgehead atoms. The fourth-order valence-electron chi connectivity index (χ4n) is 2.11. The van der Waals surface area contributed by atoms with Crippen molar-refractivity contribution in [1.82, 2.24) is 9.97 Å². The Morgan fingerprint density at radius 1 is 1.04 bits per heavy atom. The summed E-state index contributed by atoms with van der Waals surface area (Å²) in [5.74, 6) is 2.86. The molecule has 1 aromatic heterocycles. The number of anilines is 2. The van der Waals surface area contributed by atoms with Crippen LogP contribution < -0.4 is 20.1 Å². The summed E-state index contributed by atoms with van der Waals surface area (Å²) in [6.45, 7) is 3.69. The summed E-state index contributed by atoms with van der Waals surface area (Å²) < 4.78 is 10.5. The third kappa shape index (κ3) is 5.02. The largest absolute Gasteiger partial charge is 0.493 e. The van der Waals surface area contributed by atoms with Crippen LogP contribution in [0.1, 0.15) is 25.3 Å². The van der Waals surface area contributed by atoms with Crippen molar-refractivity contribution in [2.75, 3.05) is 31.4 Å². The maximum absolute atomic E-state index is 5.31. The molecule has 0 spiro atoms. The summed E-state index contributed by atoms with van der Waals surface area (Å²) in [5, 5.41) is 6.51. The Bertz CT molecular complexity index is 619. The van der Waals surface area contributed by atoms with Gasteiger partial charge in [0, 0.05) is 19.3 Å². The van der Waals surface area contributed by atoms with Gasteiger partial charge in [0.1, 0.15) is 5.82 Å². The quantitative estimate of drug-likeness (QED) is 0.692. The average Bonchev–Trinajstić information content (AvgIpc) is 2.60. The molecule has 0 amide bonds. The van der Waals surface area contributed by atoms with Crippen molar-refractivity contribution >= 4 is 11.8 Å². The average molecular weight is 316 g/mol. The summed E-state index contributed by atoms with van der Waals surface area (Å²) in [5.41, 5.74) is 1.07. The molecule has 2 aromatic rings. The molecule has 0 saturated heterocycles. The third-order valence-corrected chi connectivity index (χ3v) is 3.39. The van der Waals surface area contributed by atoms with Gasteiger partial charge in [0.05, 0.1) is 14.2 Å². The smallest absolute Gasteiger partial charge is 0.224 e. The van der Waals surface area contributed by atoms with Crippen molar-refractivity contribution in [1.29, 1.82) is 0 Å². The van der Waals surface area contributed by atoms with Crippen LogP contribution in [0.5, 0.6) is 11.5 Å². The Balaban J connectivity index is 1.96. The molecule has 0 fully saturated rings. The number of nitrogens with one attached hydrogen (secondary N) is 2. The lowest BCUT2D eigenvalue weighted by Crippen LogP contribution is -2.07. The molecule has 6 heteroatoms. The minimum Gasteiger partial charge on any atom is -0.493 e. The maximum atomic E-state index is 5.31. The number of nitrogens with zero attached hydrogens (tertiary/aromatic N) is 2. The van der Waals surface area contributed by atoms with Crippen LogP contribution in [0.3, 0.4) is 0 Å². The SMILES string of the molecule is CCCCNc1ccnc(NCc2ccc(OC)c(OC)c2)n1. The van der Waals surface area contributed by atoms with Gasteiger partial charge in [-0.3, -0.25) is 0 Å². The van der Waals surface area contributed by atoms with Crippen LogP contribution in [-0.2, 0) is 6.54 Å². The van der Waals surface area contributed by atoms with Crippen LogP contribution in [0.25, 0.3) is 0 Å². The van der Waals surface area contributed by atoms with E-state index in [0.717, 1.165) is 36.5 Å². The van der Waals surface area contributed by atoms with Crippen molar-refractivity contribution in [3.63, 3.8) is 0 Å². The highest BCUT2D eigenvalue weighted by molar-refractivity contribution is 5.44. The summed E-state index contributed by atoms with van der Waals surface area (Å²) in [6.07, 6.45) is 4.03. The third-order valence-electron chi connectivity index (χ3n) is 3.39. The Hall–Kier alpha value is -2.50. The lowest BCUT2D eigenvalue weighted by atomic mass is 10.2. The molecular formula is C17H24N4O2. The molecule has 0 saturated carbocycles. The van der Waals surface area contributed by atoms with Crippen LogP contribution >= 0.6 is 0 Å². The van der Waals surface area contributed by atoms with E-state index >= 15 is 0 Å². The number of aromatic nitrogens is 2. The van der Waals surface area contributed by atoms with Crippen molar-refractivity contribution < 1.29 is 9.47 Å². The van der Waals surface area contributed by atoms with Gasteiger partial charge in [-0.25, -0.2) is 4.98 Å². The normalized spacial score (nSPS) is 10.2. The van der Waals surface area contributed by atoms with Crippen molar-refractivity contribution in [3.05, 3.63) is 36.0 Å². The fraction of sp³-hybridized carbons (Fsp3) is 0.412. The van der Waals surface area contributed by atoms with Crippen molar-refractivity contribution in [2.45, 2.75) is 26.3 Å². The Morgan fingerprint density at radius 3 is 2.61 bits per heavy atom. The zero-order valence-corrected chi connectivity index (χ0v) is 13.9. The molecule has 124 valence electrons. The second-order valence-corrected chi connectivity index (χ2v) is 5.09. The Morgan fingerprint density at radius 2 is 1.87 bits per heavy atom. The molecular weight excluding hydrogens is 292 g/mol. The first-order chi connectivity index (χ1) is 11.3. The van der Waals surface area contributed by atoms with E-state index in [4.69, 9.17) is 9.47 Å². The van der Waals surface area contributed by atoms with E-state index in [0.29, 0.717) is 18.2 Å². The molecule has 1 heterocycles. The summed E-state index contributed by atoms with van der Waals surface area (Å²) in [7, 11) is 3.25. The number of benzene rings is 1. The Labute approximate surface area is 137 Å². The van der Waals surface area contributed by atoms with E-state index in [1.54, 1.807) is 20.4 Å². The fourth-order valence-corrected chi connectivity index (χ4v) is 2.11. The molecule has 0 atom stereocenters. The zero-order valence-electron chi connectivity index (χ0n) is 13.9. The van der Waals surface area contributed by atoms with Crippen LogP contribution in [0.2, 0.25) is 0 Å². The number of ether oxygens (including phenoxy) is 2. The topological polar surface area (TPSA) is 68.3 Å². The lowest BCUT2D eigenvalue weighted by Gasteiger charge is -2.11. The van der Waals surface area contributed by atoms with Gasteiger partial charge < -0.3 is 20.1 Å². The number of hydrogen-bond donors (Lipinski definition) is 2. The molecule has 0 aliphatic heterocycles. The molecule has 0 radical (unpaired) electrons. The van der Waals surface area contributed by atoms with Crippen molar-refractivity contribution in [2.24, 2.45) is 0 Å². The van der Waals surface area contributed by atoms with Gasteiger partial charge in [0.2, 0.25) is 5.95 Å². The van der Waals surface area contributed by atoms with Gasteiger partial charge in [0.15, 0.2) is 11.5 Å². The highest BCUT2D eigenvalue weighted by Crippen LogP contribution is 2.27. The molecule has 6 nitrogen and oxygen atoms in total. The highest BCUT2D eigenvalue weighted by Gasteiger charge is 2.05. The molecule has 2 rings (SSSR count). The number of unbranched alkanes of at least 4 members (excludes halogenated alkanes) is 1. The monoisotopic (exact) mass is 316 g/mol. The van der Waals surface area contributed by atoms with Gasteiger partial charge in [0.25, 0.3) is 0 Å². The second-order valence-electron chi connectivity index (χ2n) is 5.09. The molecule has 0 aliphatic carbocycles. The lowest BCUT2D eigenvalue weighted by molar-refractivity contribution is 0.354. The number of hydrogen-bond acceptors (Lipinski definition) is 6. The number of rotatable bonds is 9. The van der Waals surface area contributed by atoms with Gasteiger partial charge in [-0.15, -0.1) is 0 Å². The molecule has 1 aromatic carbocycles. The van der Waals surface area contributed by atoms with Gasteiger partial charge in [-0.1, -0.05) is 19.4 Å². The van der Waals surface area contributed by atoms with E-state index in [1.807, 2.05) is 24.3 Å². The van der Waals surface area contributed by atoms with Gasteiger partial charge in [-0.05, 0) is 30.2 Å². The van der Waals surface area contributed by atoms with Crippen molar-refractivity contribution in [3.8, 4) is 11.5 Å². The minimum atomic E-state index is 0.598. The predicted molar refractivity (Wildman–Crippen MR) is 92.3 cm³/mol. The highest BCUT2D eigenvalue weighted by atomic mass is 16.5. The minimum absolute atomic E-state index is 0.598. The summed E-state index contributed by atoms with van der Waals surface area (Å²) >= 11 is 0. The van der Waals surface area contributed by atoms with Crippen LogP contribution in [0, 0.1) is 0 Å². The van der Waals surface area contributed by atoms with E-state index < -0.39 is 0 Å². The Kier molecular flexibility index (Phi) is 6.47. The molecule has 0 aliphatic rings. The van der Waals surface area contributed by atoms with Gasteiger partial charge in [-0.2, -0.15) is 4.98 Å². The standard InChI is InChI=1S/C17H24N4O2/c1-4-5-9-18-16-8-10-19-17(21-16)20-12-13-6-7-14(22-2)15(11-13)23-3/h6-8,10-11H,4-5,9,12H2,1-3H3,(H2,18,19,20,21). The first kappa shape index (κ1) is 16.9. The molecule has 2 N–H and O–H groups in total. The predicted octanol–water partition coefficient (Wildman–Crippen LogP) is 3.32. The first-order valence-electron chi connectivity index (χ1n) is 7.78. The molecule has 0 unspecified atom stereocenters. The van der Waals surface area contributed by atoms with Crippen LogP contribution in [0.15, 0.2) is 30.5 Å². The second kappa shape index (κ2) is 8.82. The van der Waals surface area contributed by atoms with E-state index in [9.17, 15) is 0 Å². The van der Waals surface area contributed by atoms with Crippen LogP contribution in [0.4, 0.5) is 11.8 Å². The first-order valence-corrected chi connectivity index (χ1v) is 7.78. The molecule has 23 heavy (non-hydrogen) atoms. The van der Waals surface area contributed by atoms with E-state index in [-0.39, 0.29) is 0 Å². The zero-order chi connectivity index (χ0) is 16.5. The summed E-state index contributed by atoms with van der Waals surface area (Å²) in [4.78, 5) is 8.69. The van der Waals surface area contributed by atoms with E-state index in [2.05, 4.69) is 27.5 Å². The number of methoxy groups -OCH3 is 2. The van der Waals surface area contributed by atoms with Gasteiger partial charge >= 0.3 is 0 Å².